The Morgan fingerprint density at radius 3 is 1.93 bits per heavy atom. The summed E-state index contributed by atoms with van der Waals surface area (Å²) < 4.78 is 0. The highest BCUT2D eigenvalue weighted by Crippen LogP contribution is 2.26. The minimum absolute atomic E-state index is 0.276. The molecular weight excluding hydrogens is 170 g/mol. The third kappa shape index (κ3) is 4.80. The average molecular weight is 199 g/mol. The van der Waals surface area contributed by atoms with Gasteiger partial charge in [-0.3, -0.25) is 4.90 Å². The molecule has 1 aliphatic rings. The molecule has 0 aromatic carbocycles. The zero-order valence-electron chi connectivity index (χ0n) is 11.1. The Morgan fingerprint density at radius 2 is 1.64 bits per heavy atom. The van der Waals surface area contributed by atoms with Crippen LogP contribution in [0.15, 0.2) is 12.7 Å². The van der Waals surface area contributed by atoms with Crippen molar-refractivity contribution in [2.24, 2.45) is 0 Å². The molecule has 0 aliphatic carbocycles. The van der Waals surface area contributed by atoms with Crippen LogP contribution in [0.4, 0.5) is 0 Å². The molecule has 14 heavy (non-hydrogen) atoms. The molecule has 1 fully saturated rings. The lowest BCUT2D eigenvalue weighted by atomic mass is 9.89. The fourth-order valence-electron chi connectivity index (χ4n) is 1.54. The summed E-state index contributed by atoms with van der Waals surface area (Å²) in [7, 11) is 2.18. The van der Waals surface area contributed by atoms with Gasteiger partial charge in [0.25, 0.3) is 0 Å². The molecule has 0 bridgehead atoms. The van der Waals surface area contributed by atoms with Crippen molar-refractivity contribution in [2.75, 3.05) is 13.6 Å². The van der Waals surface area contributed by atoms with Crippen molar-refractivity contribution in [1.82, 2.24) is 4.90 Å². The van der Waals surface area contributed by atoms with Crippen LogP contribution in [0.25, 0.3) is 0 Å². The number of likely N-dealkylation sites (N-methyl/N-ethyl adjacent to an activating group) is 1. The largest absolute Gasteiger partial charge is 0.298 e. The Hall–Kier alpha value is -0.300. The van der Waals surface area contributed by atoms with Crippen molar-refractivity contribution in [3.8, 4) is 0 Å². The highest BCUT2D eigenvalue weighted by atomic mass is 15.2. The van der Waals surface area contributed by atoms with Crippen LogP contribution in [-0.4, -0.2) is 24.0 Å². The minimum Gasteiger partial charge on any atom is -0.298 e. The van der Waals surface area contributed by atoms with Crippen molar-refractivity contribution < 1.29 is 0 Å². The molecule has 1 saturated heterocycles. The molecule has 0 aromatic rings. The van der Waals surface area contributed by atoms with Crippen molar-refractivity contribution in [1.29, 1.82) is 0 Å². The normalized spacial score (nSPS) is 26.4. The molecule has 1 aliphatic heterocycles. The van der Waals surface area contributed by atoms with Gasteiger partial charge in [0.1, 0.15) is 0 Å². The first-order valence-corrected chi connectivity index (χ1v) is 6.04. The van der Waals surface area contributed by atoms with Gasteiger partial charge in [-0.05, 0) is 33.4 Å². The third-order valence-corrected chi connectivity index (χ3v) is 2.74. The van der Waals surface area contributed by atoms with Crippen molar-refractivity contribution in [3.63, 3.8) is 0 Å². The van der Waals surface area contributed by atoms with Crippen molar-refractivity contribution >= 4 is 0 Å². The van der Waals surface area contributed by atoms with E-state index in [1.54, 1.807) is 0 Å². The van der Waals surface area contributed by atoms with E-state index in [1.165, 1.54) is 25.8 Å². The fourth-order valence-corrected chi connectivity index (χ4v) is 1.54. The summed E-state index contributed by atoms with van der Waals surface area (Å²) in [6, 6.07) is 0. The predicted molar refractivity (Wildman–Crippen MR) is 67.8 cm³/mol. The number of hydrogen-bond donors (Lipinski definition) is 0. The maximum absolute atomic E-state index is 3.86. The van der Waals surface area contributed by atoms with E-state index in [2.05, 4.69) is 31.5 Å². The summed E-state index contributed by atoms with van der Waals surface area (Å²) in [5, 5.41) is 0. The first-order chi connectivity index (χ1) is 6.69. The number of hydrogen-bond acceptors (Lipinski definition) is 1. The van der Waals surface area contributed by atoms with Crippen molar-refractivity contribution in [2.45, 2.75) is 59.4 Å². The average Bonchev–Trinajstić information content (AvgIpc) is 2.28. The van der Waals surface area contributed by atoms with Crippen LogP contribution >= 0.6 is 0 Å². The summed E-state index contributed by atoms with van der Waals surface area (Å²) in [5.74, 6) is 0. The van der Waals surface area contributed by atoms with Gasteiger partial charge in [0, 0.05) is 5.54 Å². The molecule has 1 nitrogen and oxygen atoms in total. The van der Waals surface area contributed by atoms with E-state index in [0.717, 1.165) is 0 Å². The van der Waals surface area contributed by atoms with Gasteiger partial charge < -0.3 is 0 Å². The Bertz CT molecular complexity index is 131. The predicted octanol–water partition coefficient (Wildman–Crippen LogP) is 4.10. The molecule has 0 radical (unpaired) electrons. The van der Waals surface area contributed by atoms with Gasteiger partial charge in [-0.25, -0.2) is 0 Å². The lowest BCUT2D eigenvalue weighted by molar-refractivity contribution is 0.134. The van der Waals surface area contributed by atoms with Crippen LogP contribution in [-0.2, 0) is 0 Å². The number of nitrogens with zero attached hydrogens (tertiary/aromatic N) is 1. The second kappa shape index (κ2) is 9.26. The van der Waals surface area contributed by atoms with E-state index < -0.39 is 0 Å². The van der Waals surface area contributed by atoms with Gasteiger partial charge in [0.2, 0.25) is 0 Å². The van der Waals surface area contributed by atoms with Gasteiger partial charge in [0.15, 0.2) is 0 Å². The molecule has 1 heterocycles. The van der Waals surface area contributed by atoms with Crippen LogP contribution < -0.4 is 0 Å². The molecule has 1 heteroatoms. The molecule has 0 spiro atoms. The fraction of sp³-hybridized carbons (Fsp3) is 0.846. The maximum atomic E-state index is 3.86. The van der Waals surface area contributed by atoms with Gasteiger partial charge in [0.05, 0.1) is 0 Å². The number of rotatable bonds is 1. The number of likely N-dealkylation sites (tertiary alicyclic amines) is 1. The first-order valence-electron chi connectivity index (χ1n) is 6.04. The van der Waals surface area contributed by atoms with Gasteiger partial charge >= 0.3 is 0 Å². The van der Waals surface area contributed by atoms with E-state index in [-0.39, 0.29) is 5.54 Å². The van der Waals surface area contributed by atoms with Gasteiger partial charge in [-0.2, -0.15) is 0 Å². The van der Waals surface area contributed by atoms with E-state index >= 15 is 0 Å². The van der Waals surface area contributed by atoms with Crippen LogP contribution in [0, 0.1) is 0 Å². The quantitative estimate of drug-likeness (QED) is 0.575. The lowest BCUT2D eigenvalue weighted by Gasteiger charge is -2.40. The minimum atomic E-state index is 0.276. The maximum Gasteiger partial charge on any atom is 0.0357 e. The van der Waals surface area contributed by atoms with Crippen LogP contribution in [0.2, 0.25) is 0 Å². The second-order valence-corrected chi connectivity index (χ2v) is 3.44. The zero-order valence-corrected chi connectivity index (χ0v) is 11.1. The van der Waals surface area contributed by atoms with Crippen molar-refractivity contribution in [3.05, 3.63) is 12.7 Å². The molecular formula is C13H29N. The summed E-state index contributed by atoms with van der Waals surface area (Å²) in [4.78, 5) is 2.39. The highest BCUT2D eigenvalue weighted by Gasteiger charge is 2.27. The summed E-state index contributed by atoms with van der Waals surface area (Å²) in [6.07, 6.45) is 6.05. The Balaban J connectivity index is 0. The smallest absolute Gasteiger partial charge is 0.0357 e. The van der Waals surface area contributed by atoms with E-state index in [4.69, 9.17) is 0 Å². The SMILES string of the molecule is C=CC1(C)CCCCN1C.CC.CC. The first kappa shape index (κ1) is 16.1. The molecule has 0 aromatic heterocycles. The molecule has 0 saturated carbocycles. The Kier molecular flexibility index (Phi) is 10.7. The van der Waals surface area contributed by atoms with Crippen LogP contribution in [0.5, 0.6) is 0 Å². The molecule has 1 rings (SSSR count). The Labute approximate surface area is 91.2 Å². The Morgan fingerprint density at radius 1 is 1.14 bits per heavy atom. The summed E-state index contributed by atoms with van der Waals surface area (Å²) in [5.41, 5.74) is 0.276. The molecule has 0 amide bonds. The van der Waals surface area contributed by atoms with E-state index in [1.807, 2.05) is 27.7 Å². The van der Waals surface area contributed by atoms with Crippen LogP contribution in [0.3, 0.4) is 0 Å². The monoisotopic (exact) mass is 199 g/mol. The third-order valence-electron chi connectivity index (χ3n) is 2.74. The summed E-state index contributed by atoms with van der Waals surface area (Å²) in [6.45, 7) is 15.4. The van der Waals surface area contributed by atoms with Gasteiger partial charge in [-0.15, -0.1) is 6.58 Å². The second-order valence-electron chi connectivity index (χ2n) is 3.44. The standard InChI is InChI=1S/C9H17N.2C2H6/c1-4-9(2)7-5-6-8-10(9)3;2*1-2/h4H,1,5-8H2,2-3H3;2*1-2H3. The summed E-state index contributed by atoms with van der Waals surface area (Å²) >= 11 is 0. The zero-order chi connectivity index (χ0) is 11.6. The topological polar surface area (TPSA) is 3.24 Å². The molecule has 0 N–H and O–H groups in total. The number of piperidine rings is 1. The molecule has 1 atom stereocenters. The molecule has 1 unspecified atom stereocenters. The lowest BCUT2D eigenvalue weighted by Crippen LogP contribution is -2.45. The van der Waals surface area contributed by atoms with Crippen LogP contribution in [0.1, 0.15) is 53.9 Å². The van der Waals surface area contributed by atoms with E-state index in [9.17, 15) is 0 Å². The van der Waals surface area contributed by atoms with E-state index in [0.29, 0.717) is 0 Å². The van der Waals surface area contributed by atoms with Gasteiger partial charge in [-0.1, -0.05) is 40.2 Å². The molecule has 86 valence electrons. The highest BCUT2D eigenvalue weighted by molar-refractivity contribution is 5.01.